The van der Waals surface area contributed by atoms with Gasteiger partial charge in [-0.05, 0) is 13.8 Å². The van der Waals surface area contributed by atoms with Gasteiger partial charge in [0.25, 0.3) is 0 Å². The Morgan fingerprint density at radius 2 is 1.78 bits per heavy atom. The van der Waals surface area contributed by atoms with E-state index in [-0.39, 0.29) is 32.0 Å². The third-order valence-electron chi connectivity index (χ3n) is 2.23. The molecule has 0 saturated heterocycles. The van der Waals surface area contributed by atoms with Crippen molar-refractivity contribution in [1.82, 2.24) is 4.90 Å². The Kier molecular flexibility index (Phi) is 9.17. The molecule has 0 atom stereocenters. The zero-order valence-corrected chi connectivity index (χ0v) is 11.1. The number of carbonyl (C=O) groups excluding carboxylic acids is 2. The van der Waals surface area contributed by atoms with E-state index in [1.54, 1.807) is 0 Å². The number of amides is 2. The number of carbonyl (C=O) groups is 2. The third kappa shape index (κ3) is 7.21. The molecule has 0 aliphatic rings. The van der Waals surface area contributed by atoms with Gasteiger partial charge in [0, 0.05) is 26.2 Å². The van der Waals surface area contributed by atoms with Crippen LogP contribution in [0.4, 0.5) is 0 Å². The maximum absolute atomic E-state index is 11.6. The predicted molar refractivity (Wildman–Crippen MR) is 66.5 cm³/mol. The molecule has 0 aliphatic carbocycles. The highest BCUT2D eigenvalue weighted by atomic mass is 16.7. The first kappa shape index (κ1) is 16.8. The summed E-state index contributed by atoms with van der Waals surface area (Å²) in [5, 5.41) is 0. The van der Waals surface area contributed by atoms with Crippen molar-refractivity contribution in [3.8, 4) is 0 Å². The number of ether oxygens (including phenoxy) is 2. The third-order valence-corrected chi connectivity index (χ3v) is 2.23. The number of rotatable bonds is 10. The van der Waals surface area contributed by atoms with Gasteiger partial charge < -0.3 is 25.8 Å². The predicted octanol–water partition coefficient (Wildman–Crippen LogP) is -0.952. The first-order valence-electron chi connectivity index (χ1n) is 6.04. The second-order valence-electron chi connectivity index (χ2n) is 3.60. The highest BCUT2D eigenvalue weighted by molar-refractivity contribution is 5.79. The van der Waals surface area contributed by atoms with E-state index in [9.17, 15) is 9.59 Å². The van der Waals surface area contributed by atoms with Crippen LogP contribution < -0.4 is 11.5 Å². The van der Waals surface area contributed by atoms with Crippen molar-refractivity contribution in [3.05, 3.63) is 0 Å². The van der Waals surface area contributed by atoms with Gasteiger partial charge in [0.15, 0.2) is 6.29 Å². The molecule has 0 radical (unpaired) electrons. The summed E-state index contributed by atoms with van der Waals surface area (Å²) >= 11 is 0. The lowest BCUT2D eigenvalue weighted by Crippen LogP contribution is -2.44. The zero-order chi connectivity index (χ0) is 14.0. The Balaban J connectivity index is 4.42. The van der Waals surface area contributed by atoms with Crippen LogP contribution in [0.1, 0.15) is 20.3 Å². The summed E-state index contributed by atoms with van der Waals surface area (Å²) in [6, 6.07) is 0. The van der Waals surface area contributed by atoms with E-state index in [0.29, 0.717) is 13.2 Å². The van der Waals surface area contributed by atoms with E-state index in [2.05, 4.69) is 0 Å². The summed E-state index contributed by atoms with van der Waals surface area (Å²) in [4.78, 5) is 23.8. The van der Waals surface area contributed by atoms with Crippen LogP contribution in [0.25, 0.3) is 0 Å². The van der Waals surface area contributed by atoms with Crippen LogP contribution in [0.5, 0.6) is 0 Å². The van der Waals surface area contributed by atoms with Crippen LogP contribution in [0.15, 0.2) is 0 Å². The average Bonchev–Trinajstić information content (AvgIpc) is 2.33. The average molecular weight is 261 g/mol. The van der Waals surface area contributed by atoms with Crippen LogP contribution >= 0.6 is 0 Å². The molecule has 0 aliphatic heterocycles. The maximum Gasteiger partial charge on any atom is 0.236 e. The molecule has 18 heavy (non-hydrogen) atoms. The zero-order valence-electron chi connectivity index (χ0n) is 11.1. The topological polar surface area (TPSA) is 108 Å². The smallest absolute Gasteiger partial charge is 0.236 e. The quantitative estimate of drug-likeness (QED) is 0.493. The van der Waals surface area contributed by atoms with Crippen LogP contribution in [-0.4, -0.2) is 55.9 Å². The van der Waals surface area contributed by atoms with Gasteiger partial charge in [0.1, 0.15) is 0 Å². The first-order valence-corrected chi connectivity index (χ1v) is 6.04. The van der Waals surface area contributed by atoms with Gasteiger partial charge in [0.05, 0.1) is 13.1 Å². The minimum Gasteiger partial charge on any atom is -0.370 e. The van der Waals surface area contributed by atoms with Crippen molar-refractivity contribution >= 4 is 11.8 Å². The van der Waals surface area contributed by atoms with Gasteiger partial charge in [-0.1, -0.05) is 0 Å². The molecule has 7 heteroatoms. The van der Waals surface area contributed by atoms with Crippen LogP contribution in [0, 0.1) is 0 Å². The molecule has 0 rings (SSSR count). The Labute approximate surface area is 107 Å². The van der Waals surface area contributed by atoms with E-state index in [1.807, 2.05) is 13.8 Å². The molecule has 106 valence electrons. The largest absolute Gasteiger partial charge is 0.370 e. The Morgan fingerprint density at radius 1 is 1.22 bits per heavy atom. The normalized spacial score (nSPS) is 10.7. The monoisotopic (exact) mass is 261 g/mol. The number of hydrogen-bond acceptors (Lipinski definition) is 5. The van der Waals surface area contributed by atoms with Gasteiger partial charge in [-0.3, -0.25) is 9.59 Å². The van der Waals surface area contributed by atoms with Gasteiger partial charge >= 0.3 is 0 Å². The summed E-state index contributed by atoms with van der Waals surface area (Å²) in [7, 11) is 0. The summed E-state index contributed by atoms with van der Waals surface area (Å²) in [5.41, 5.74) is 10.4. The van der Waals surface area contributed by atoms with Gasteiger partial charge in [-0.15, -0.1) is 0 Å². The standard InChI is InChI=1S/C11H23N3O4/c1-3-17-11(18-4-2)8-14(10(16)7-12)6-5-9(13)15/h11H,3-8,12H2,1-2H3,(H2,13,15). The molecule has 0 heterocycles. The number of primary amides is 1. The van der Waals surface area contributed by atoms with Gasteiger partial charge in [-0.25, -0.2) is 0 Å². The van der Waals surface area contributed by atoms with Crippen molar-refractivity contribution in [1.29, 1.82) is 0 Å². The summed E-state index contributed by atoms with van der Waals surface area (Å²) in [5.74, 6) is -0.727. The lowest BCUT2D eigenvalue weighted by atomic mass is 10.3. The minimum absolute atomic E-state index is 0.0940. The molecular weight excluding hydrogens is 238 g/mol. The fraction of sp³-hybridized carbons (Fsp3) is 0.818. The first-order chi connectivity index (χ1) is 8.54. The van der Waals surface area contributed by atoms with Crippen molar-refractivity contribution in [2.45, 2.75) is 26.6 Å². The van der Waals surface area contributed by atoms with Crippen LogP contribution in [0.2, 0.25) is 0 Å². The van der Waals surface area contributed by atoms with Crippen molar-refractivity contribution < 1.29 is 19.1 Å². The molecule has 0 unspecified atom stereocenters. The lowest BCUT2D eigenvalue weighted by Gasteiger charge is -2.26. The number of nitrogens with two attached hydrogens (primary N) is 2. The molecule has 2 amide bonds. The molecule has 0 saturated carbocycles. The van der Waals surface area contributed by atoms with Gasteiger partial charge in [-0.2, -0.15) is 0 Å². The second kappa shape index (κ2) is 9.81. The molecule has 0 aromatic rings. The summed E-state index contributed by atoms with van der Waals surface area (Å²) in [6.45, 7) is 4.97. The van der Waals surface area contributed by atoms with Crippen LogP contribution in [0.3, 0.4) is 0 Å². The second-order valence-corrected chi connectivity index (χ2v) is 3.60. The summed E-state index contributed by atoms with van der Waals surface area (Å²) < 4.78 is 10.7. The van der Waals surface area contributed by atoms with Crippen molar-refractivity contribution in [2.24, 2.45) is 11.5 Å². The minimum atomic E-state index is -0.511. The molecule has 0 spiro atoms. The Hall–Kier alpha value is -1.18. The van der Waals surface area contributed by atoms with Crippen molar-refractivity contribution in [3.63, 3.8) is 0 Å². The van der Waals surface area contributed by atoms with Crippen molar-refractivity contribution in [2.75, 3.05) is 32.8 Å². The van der Waals surface area contributed by atoms with E-state index < -0.39 is 12.2 Å². The molecule has 0 fully saturated rings. The Morgan fingerprint density at radius 3 is 2.17 bits per heavy atom. The van der Waals surface area contributed by atoms with Gasteiger partial charge in [0.2, 0.25) is 11.8 Å². The van der Waals surface area contributed by atoms with E-state index in [1.165, 1.54) is 4.90 Å². The number of nitrogens with zero attached hydrogens (tertiary/aromatic N) is 1. The fourth-order valence-corrected chi connectivity index (χ4v) is 1.40. The Bertz CT molecular complexity index is 255. The van der Waals surface area contributed by atoms with E-state index in [4.69, 9.17) is 20.9 Å². The molecular formula is C11H23N3O4. The SMILES string of the molecule is CCOC(CN(CCC(N)=O)C(=O)CN)OCC. The lowest BCUT2D eigenvalue weighted by molar-refractivity contribution is -0.158. The van der Waals surface area contributed by atoms with Crippen LogP contribution in [-0.2, 0) is 19.1 Å². The molecule has 0 aromatic carbocycles. The highest BCUT2D eigenvalue weighted by Crippen LogP contribution is 2.01. The number of hydrogen-bond donors (Lipinski definition) is 2. The molecule has 7 nitrogen and oxygen atoms in total. The maximum atomic E-state index is 11.6. The van der Waals surface area contributed by atoms with E-state index >= 15 is 0 Å². The highest BCUT2D eigenvalue weighted by Gasteiger charge is 2.18. The summed E-state index contributed by atoms with van der Waals surface area (Å²) in [6.07, 6.45) is -0.417. The van der Waals surface area contributed by atoms with E-state index in [0.717, 1.165) is 0 Å². The molecule has 4 N–H and O–H groups in total. The molecule has 0 bridgehead atoms. The molecule has 0 aromatic heterocycles. The fourth-order valence-electron chi connectivity index (χ4n) is 1.40.